The molecule has 2 nitrogen and oxygen atoms in total. The lowest BCUT2D eigenvalue weighted by atomic mass is 9.86. The van der Waals surface area contributed by atoms with Crippen molar-refractivity contribution in [1.29, 1.82) is 0 Å². The fraction of sp³-hybridized carbons (Fsp3) is 1.00. The van der Waals surface area contributed by atoms with Crippen LogP contribution in [0.2, 0.25) is 0 Å². The molecule has 74 valence electrons. The summed E-state index contributed by atoms with van der Waals surface area (Å²) in [7, 11) is 0. The molecule has 0 saturated heterocycles. The van der Waals surface area contributed by atoms with E-state index in [-0.39, 0.29) is 11.5 Å². The first-order valence-electron chi connectivity index (χ1n) is 4.71. The Morgan fingerprint density at radius 3 is 2.08 bits per heavy atom. The molecule has 0 fully saturated rings. The van der Waals surface area contributed by atoms with Crippen molar-refractivity contribution in [3.63, 3.8) is 0 Å². The van der Waals surface area contributed by atoms with E-state index in [4.69, 9.17) is 10.5 Å². The first-order chi connectivity index (χ1) is 5.34. The van der Waals surface area contributed by atoms with Gasteiger partial charge in [0.25, 0.3) is 0 Å². The third-order valence-corrected chi connectivity index (χ3v) is 1.99. The molecule has 1 unspecified atom stereocenters. The molecular formula is C10H23NO. The van der Waals surface area contributed by atoms with Crippen LogP contribution >= 0.6 is 0 Å². The average Bonchev–Trinajstić information content (AvgIpc) is 1.84. The van der Waals surface area contributed by atoms with Crippen molar-refractivity contribution in [3.05, 3.63) is 0 Å². The molecule has 0 aliphatic carbocycles. The Labute approximate surface area is 76.5 Å². The third-order valence-electron chi connectivity index (χ3n) is 1.99. The van der Waals surface area contributed by atoms with E-state index in [0.29, 0.717) is 6.10 Å². The molecule has 0 amide bonds. The lowest BCUT2D eigenvalue weighted by Crippen LogP contribution is -2.36. The van der Waals surface area contributed by atoms with Gasteiger partial charge in [0.05, 0.1) is 6.10 Å². The molecule has 0 heterocycles. The quantitative estimate of drug-likeness (QED) is 0.707. The minimum atomic E-state index is 0.195. The zero-order valence-electron chi connectivity index (χ0n) is 9.05. The standard InChI is InChI=1S/C10H23NO/c1-8(2)12-7-6-9(11)10(3,4)5/h8-9H,6-7,11H2,1-5H3. The van der Waals surface area contributed by atoms with E-state index >= 15 is 0 Å². The highest BCUT2D eigenvalue weighted by molar-refractivity contribution is 4.76. The molecule has 0 bridgehead atoms. The second-order valence-electron chi connectivity index (χ2n) is 4.68. The molecule has 1 atom stereocenters. The van der Waals surface area contributed by atoms with Gasteiger partial charge in [-0.2, -0.15) is 0 Å². The second-order valence-corrected chi connectivity index (χ2v) is 4.68. The summed E-state index contributed by atoms with van der Waals surface area (Å²) in [6, 6.07) is 0.233. The Hall–Kier alpha value is -0.0800. The highest BCUT2D eigenvalue weighted by Gasteiger charge is 2.19. The maximum absolute atomic E-state index is 5.96. The highest BCUT2D eigenvalue weighted by atomic mass is 16.5. The largest absolute Gasteiger partial charge is 0.379 e. The maximum Gasteiger partial charge on any atom is 0.0518 e. The molecule has 2 heteroatoms. The van der Waals surface area contributed by atoms with Gasteiger partial charge in [-0.3, -0.25) is 0 Å². The van der Waals surface area contributed by atoms with Crippen molar-refractivity contribution in [2.45, 2.75) is 53.2 Å². The van der Waals surface area contributed by atoms with Gasteiger partial charge in [-0.25, -0.2) is 0 Å². The van der Waals surface area contributed by atoms with E-state index in [0.717, 1.165) is 13.0 Å². The number of nitrogens with two attached hydrogens (primary N) is 1. The van der Waals surface area contributed by atoms with Crippen molar-refractivity contribution >= 4 is 0 Å². The molecule has 0 radical (unpaired) electrons. The van der Waals surface area contributed by atoms with Crippen molar-refractivity contribution in [2.24, 2.45) is 11.1 Å². The molecule has 0 aromatic rings. The highest BCUT2D eigenvalue weighted by Crippen LogP contribution is 2.19. The lowest BCUT2D eigenvalue weighted by molar-refractivity contribution is 0.0664. The zero-order chi connectivity index (χ0) is 9.78. The van der Waals surface area contributed by atoms with Crippen LogP contribution in [0.15, 0.2) is 0 Å². The van der Waals surface area contributed by atoms with E-state index in [1.54, 1.807) is 0 Å². The SMILES string of the molecule is CC(C)OCCC(N)C(C)(C)C. The van der Waals surface area contributed by atoms with Crippen molar-refractivity contribution < 1.29 is 4.74 Å². The van der Waals surface area contributed by atoms with Crippen LogP contribution in [0, 0.1) is 5.41 Å². The van der Waals surface area contributed by atoms with Gasteiger partial charge in [-0.05, 0) is 25.7 Å². The monoisotopic (exact) mass is 173 g/mol. The predicted octanol–water partition coefficient (Wildman–Crippen LogP) is 2.17. The summed E-state index contributed by atoms with van der Waals surface area (Å²) in [4.78, 5) is 0. The normalized spacial score (nSPS) is 15.2. The topological polar surface area (TPSA) is 35.2 Å². The van der Waals surface area contributed by atoms with E-state index in [1.807, 2.05) is 13.8 Å². The van der Waals surface area contributed by atoms with Gasteiger partial charge >= 0.3 is 0 Å². The molecule has 0 aliphatic rings. The van der Waals surface area contributed by atoms with Crippen molar-refractivity contribution in [2.75, 3.05) is 6.61 Å². The lowest BCUT2D eigenvalue weighted by Gasteiger charge is -2.27. The van der Waals surface area contributed by atoms with Gasteiger partial charge in [0.2, 0.25) is 0 Å². The fourth-order valence-electron chi connectivity index (χ4n) is 0.864. The molecule has 0 saturated carbocycles. The molecule has 0 aromatic heterocycles. The molecule has 0 aliphatic heterocycles. The van der Waals surface area contributed by atoms with E-state index in [9.17, 15) is 0 Å². The number of rotatable bonds is 4. The van der Waals surface area contributed by atoms with Crippen LogP contribution in [0.5, 0.6) is 0 Å². The van der Waals surface area contributed by atoms with Gasteiger partial charge in [0.15, 0.2) is 0 Å². The summed E-state index contributed by atoms with van der Waals surface area (Å²) in [5.41, 5.74) is 6.15. The Balaban J connectivity index is 3.51. The minimum absolute atomic E-state index is 0.195. The predicted molar refractivity (Wildman–Crippen MR) is 53.1 cm³/mol. The Morgan fingerprint density at radius 1 is 1.25 bits per heavy atom. The van der Waals surface area contributed by atoms with Gasteiger partial charge < -0.3 is 10.5 Å². The van der Waals surface area contributed by atoms with Crippen LogP contribution in [-0.2, 0) is 4.74 Å². The fourth-order valence-corrected chi connectivity index (χ4v) is 0.864. The van der Waals surface area contributed by atoms with Gasteiger partial charge in [0, 0.05) is 12.6 Å². The molecule has 12 heavy (non-hydrogen) atoms. The van der Waals surface area contributed by atoms with Gasteiger partial charge in [-0.1, -0.05) is 20.8 Å². The number of ether oxygens (including phenoxy) is 1. The number of hydrogen-bond acceptors (Lipinski definition) is 2. The summed E-state index contributed by atoms with van der Waals surface area (Å²) in [6.07, 6.45) is 1.26. The molecule has 0 rings (SSSR count). The third kappa shape index (κ3) is 5.56. The summed E-state index contributed by atoms with van der Waals surface area (Å²) < 4.78 is 5.43. The van der Waals surface area contributed by atoms with Crippen LogP contribution in [0.3, 0.4) is 0 Å². The zero-order valence-corrected chi connectivity index (χ0v) is 9.05. The van der Waals surface area contributed by atoms with E-state index < -0.39 is 0 Å². The summed E-state index contributed by atoms with van der Waals surface area (Å²) in [5, 5.41) is 0. The molecule has 0 spiro atoms. The summed E-state index contributed by atoms with van der Waals surface area (Å²) in [5.74, 6) is 0. The average molecular weight is 173 g/mol. The molecule has 2 N–H and O–H groups in total. The van der Waals surface area contributed by atoms with Crippen LogP contribution in [0.1, 0.15) is 41.0 Å². The van der Waals surface area contributed by atoms with Crippen LogP contribution < -0.4 is 5.73 Å². The first-order valence-corrected chi connectivity index (χ1v) is 4.71. The Morgan fingerprint density at radius 2 is 1.75 bits per heavy atom. The van der Waals surface area contributed by atoms with Crippen LogP contribution in [-0.4, -0.2) is 18.8 Å². The van der Waals surface area contributed by atoms with Gasteiger partial charge in [-0.15, -0.1) is 0 Å². The Kier molecular flexibility index (Phi) is 4.80. The van der Waals surface area contributed by atoms with Gasteiger partial charge in [0.1, 0.15) is 0 Å². The Bertz CT molecular complexity index is 115. The van der Waals surface area contributed by atoms with Crippen molar-refractivity contribution in [3.8, 4) is 0 Å². The smallest absolute Gasteiger partial charge is 0.0518 e. The van der Waals surface area contributed by atoms with Crippen molar-refractivity contribution in [1.82, 2.24) is 0 Å². The minimum Gasteiger partial charge on any atom is -0.379 e. The first kappa shape index (κ1) is 11.9. The maximum atomic E-state index is 5.96. The van der Waals surface area contributed by atoms with Crippen LogP contribution in [0.4, 0.5) is 0 Å². The summed E-state index contributed by atoms with van der Waals surface area (Å²) in [6.45, 7) is 11.3. The molecule has 0 aromatic carbocycles. The van der Waals surface area contributed by atoms with E-state index in [2.05, 4.69) is 20.8 Å². The van der Waals surface area contributed by atoms with Crippen LogP contribution in [0.25, 0.3) is 0 Å². The van der Waals surface area contributed by atoms with E-state index in [1.165, 1.54) is 0 Å². The second kappa shape index (κ2) is 4.83. The number of hydrogen-bond donors (Lipinski definition) is 1. The summed E-state index contributed by atoms with van der Waals surface area (Å²) >= 11 is 0. The molecular weight excluding hydrogens is 150 g/mol.